The number of carboxylic acid groups (broad SMARTS) is 1. The second kappa shape index (κ2) is 5.52. The van der Waals surface area contributed by atoms with E-state index in [4.69, 9.17) is 5.11 Å². The van der Waals surface area contributed by atoms with Gasteiger partial charge in [-0.05, 0) is 32.0 Å². The third kappa shape index (κ3) is 3.19. The summed E-state index contributed by atoms with van der Waals surface area (Å²) in [5.74, 6) is -1.13. The third-order valence-electron chi connectivity index (χ3n) is 2.72. The van der Waals surface area contributed by atoms with Crippen molar-refractivity contribution in [2.75, 3.05) is 4.72 Å². The van der Waals surface area contributed by atoms with Crippen LogP contribution in [0.5, 0.6) is 0 Å². The van der Waals surface area contributed by atoms with Gasteiger partial charge in [0.25, 0.3) is 10.0 Å². The first kappa shape index (κ1) is 15.0. The number of nitrogens with zero attached hydrogens (tertiary/aromatic N) is 3. The summed E-state index contributed by atoms with van der Waals surface area (Å²) in [6.07, 6.45) is 2.70. The van der Waals surface area contributed by atoms with Gasteiger partial charge in [-0.2, -0.15) is 5.10 Å². The lowest BCUT2D eigenvalue weighted by Crippen LogP contribution is -2.13. The highest BCUT2D eigenvalue weighted by atomic mass is 32.2. The van der Waals surface area contributed by atoms with E-state index in [-0.39, 0.29) is 22.4 Å². The molecule has 0 atom stereocenters. The zero-order valence-corrected chi connectivity index (χ0v) is 12.2. The predicted octanol–water partition coefficient (Wildman–Crippen LogP) is 1.36. The van der Waals surface area contributed by atoms with Crippen LogP contribution in [0.25, 0.3) is 0 Å². The van der Waals surface area contributed by atoms with Crippen LogP contribution in [-0.4, -0.2) is 34.3 Å². The van der Waals surface area contributed by atoms with Gasteiger partial charge in [0, 0.05) is 18.4 Å². The number of sulfonamides is 1. The third-order valence-corrected chi connectivity index (χ3v) is 4.04. The Hall–Kier alpha value is -2.42. The molecule has 0 aliphatic carbocycles. The van der Waals surface area contributed by atoms with Crippen molar-refractivity contribution in [1.29, 1.82) is 0 Å². The Morgan fingerprint density at radius 1 is 1.43 bits per heavy atom. The molecular formula is C12H14N4O4S. The van der Waals surface area contributed by atoms with Crippen molar-refractivity contribution in [1.82, 2.24) is 14.8 Å². The summed E-state index contributed by atoms with van der Waals surface area (Å²) < 4.78 is 28.1. The van der Waals surface area contributed by atoms with Gasteiger partial charge < -0.3 is 9.67 Å². The molecule has 0 spiro atoms. The highest BCUT2D eigenvalue weighted by molar-refractivity contribution is 7.92. The Bertz CT molecular complexity index is 753. The molecule has 0 bridgehead atoms. The molecule has 2 heterocycles. The molecule has 21 heavy (non-hydrogen) atoms. The van der Waals surface area contributed by atoms with E-state index >= 15 is 0 Å². The highest BCUT2D eigenvalue weighted by Crippen LogP contribution is 2.20. The van der Waals surface area contributed by atoms with Gasteiger partial charge in [-0.25, -0.2) is 13.2 Å². The van der Waals surface area contributed by atoms with Gasteiger partial charge in [-0.3, -0.25) is 4.72 Å². The first-order chi connectivity index (χ1) is 9.81. The van der Waals surface area contributed by atoms with E-state index in [9.17, 15) is 13.2 Å². The molecule has 0 aliphatic heterocycles. The molecule has 0 unspecified atom stereocenters. The van der Waals surface area contributed by atoms with Crippen molar-refractivity contribution >= 4 is 21.8 Å². The first-order valence-corrected chi connectivity index (χ1v) is 7.55. The minimum atomic E-state index is -3.92. The van der Waals surface area contributed by atoms with E-state index in [0.717, 1.165) is 6.07 Å². The van der Waals surface area contributed by atoms with Crippen LogP contribution in [0.2, 0.25) is 0 Å². The monoisotopic (exact) mass is 310 g/mol. The summed E-state index contributed by atoms with van der Waals surface area (Å²) in [4.78, 5) is 11.0. The number of hydrogen-bond donors (Lipinski definition) is 2. The van der Waals surface area contributed by atoms with Gasteiger partial charge in [0.1, 0.15) is 10.6 Å². The second-order valence-electron chi connectivity index (χ2n) is 4.58. The van der Waals surface area contributed by atoms with E-state index in [0.29, 0.717) is 0 Å². The number of aromatic carboxylic acids is 1. The van der Waals surface area contributed by atoms with Crippen molar-refractivity contribution < 1.29 is 18.3 Å². The van der Waals surface area contributed by atoms with E-state index in [1.54, 1.807) is 13.8 Å². The number of carboxylic acids is 1. The topological polar surface area (TPSA) is 114 Å². The standard InChI is InChI=1S/C12H14N4O4S/c1-8(2)16-7-9(6-10(16)12(17)18)21(19,20)15-11-4-3-5-13-14-11/h3-8H,1-2H3,(H,14,15)(H,17,18). The molecule has 0 aliphatic rings. The van der Waals surface area contributed by atoms with Crippen LogP contribution in [0.3, 0.4) is 0 Å². The zero-order valence-electron chi connectivity index (χ0n) is 11.4. The Morgan fingerprint density at radius 2 is 2.14 bits per heavy atom. The maximum absolute atomic E-state index is 12.2. The fourth-order valence-electron chi connectivity index (χ4n) is 1.75. The largest absolute Gasteiger partial charge is 0.477 e. The predicted molar refractivity (Wildman–Crippen MR) is 74.6 cm³/mol. The number of carbonyl (C=O) groups is 1. The van der Waals surface area contributed by atoms with Gasteiger partial charge in [-0.15, -0.1) is 5.10 Å². The van der Waals surface area contributed by atoms with E-state index in [1.165, 1.54) is 29.1 Å². The van der Waals surface area contributed by atoms with Crippen molar-refractivity contribution in [3.63, 3.8) is 0 Å². The minimum absolute atomic E-state index is 0.0617. The first-order valence-electron chi connectivity index (χ1n) is 6.07. The average molecular weight is 310 g/mol. The lowest BCUT2D eigenvalue weighted by atomic mass is 10.3. The van der Waals surface area contributed by atoms with Crippen LogP contribution in [0, 0.1) is 0 Å². The van der Waals surface area contributed by atoms with Crippen LogP contribution in [-0.2, 0) is 10.0 Å². The molecule has 8 nitrogen and oxygen atoms in total. The molecule has 2 N–H and O–H groups in total. The molecule has 9 heteroatoms. The Labute approximate surface area is 121 Å². The maximum atomic E-state index is 12.2. The molecule has 0 radical (unpaired) electrons. The summed E-state index contributed by atoms with van der Waals surface area (Å²) in [6.45, 7) is 3.53. The van der Waals surface area contributed by atoms with Gasteiger partial charge in [-0.1, -0.05) is 0 Å². The number of anilines is 1. The SMILES string of the molecule is CC(C)n1cc(S(=O)(=O)Nc2cccnn2)cc1C(=O)O. The molecule has 2 rings (SSSR count). The van der Waals surface area contributed by atoms with E-state index < -0.39 is 16.0 Å². The van der Waals surface area contributed by atoms with Crippen molar-refractivity contribution in [3.8, 4) is 0 Å². The molecule has 0 amide bonds. The number of aromatic nitrogens is 3. The van der Waals surface area contributed by atoms with Crippen molar-refractivity contribution in [3.05, 3.63) is 36.3 Å². The average Bonchev–Trinajstić information content (AvgIpc) is 2.85. The second-order valence-corrected chi connectivity index (χ2v) is 6.26. The summed E-state index contributed by atoms with van der Waals surface area (Å²) in [5.41, 5.74) is -0.0930. The molecule has 2 aromatic rings. The zero-order chi connectivity index (χ0) is 15.6. The van der Waals surface area contributed by atoms with E-state index in [1.807, 2.05) is 0 Å². The molecule has 0 aromatic carbocycles. The number of nitrogens with one attached hydrogen (secondary N) is 1. The lowest BCUT2D eigenvalue weighted by Gasteiger charge is -2.09. The molecule has 112 valence electrons. The van der Waals surface area contributed by atoms with E-state index in [2.05, 4.69) is 14.9 Å². The van der Waals surface area contributed by atoms with Crippen LogP contribution >= 0.6 is 0 Å². The Balaban J connectivity index is 2.41. The molecule has 2 aromatic heterocycles. The van der Waals surface area contributed by atoms with Gasteiger partial charge in [0.05, 0.1) is 0 Å². The molecule has 0 saturated carbocycles. The quantitative estimate of drug-likeness (QED) is 0.861. The van der Waals surface area contributed by atoms with Crippen molar-refractivity contribution in [2.24, 2.45) is 0 Å². The fourth-order valence-corrected chi connectivity index (χ4v) is 2.77. The maximum Gasteiger partial charge on any atom is 0.352 e. The summed E-state index contributed by atoms with van der Waals surface area (Å²) >= 11 is 0. The summed E-state index contributed by atoms with van der Waals surface area (Å²) in [7, 11) is -3.92. The number of rotatable bonds is 5. The van der Waals surface area contributed by atoms with Gasteiger partial charge in [0.15, 0.2) is 5.82 Å². The molecule has 0 saturated heterocycles. The van der Waals surface area contributed by atoms with Crippen LogP contribution in [0.4, 0.5) is 5.82 Å². The number of hydrogen-bond acceptors (Lipinski definition) is 5. The smallest absolute Gasteiger partial charge is 0.352 e. The Kier molecular flexibility index (Phi) is 3.94. The van der Waals surface area contributed by atoms with Crippen LogP contribution < -0.4 is 4.72 Å². The lowest BCUT2D eigenvalue weighted by molar-refractivity contribution is 0.0683. The summed E-state index contributed by atoms with van der Waals surface area (Å²) in [5, 5.41) is 16.3. The van der Waals surface area contributed by atoms with Gasteiger partial charge in [0.2, 0.25) is 0 Å². The summed E-state index contributed by atoms with van der Waals surface area (Å²) in [6, 6.07) is 3.91. The Morgan fingerprint density at radius 3 is 2.62 bits per heavy atom. The fraction of sp³-hybridized carbons (Fsp3) is 0.250. The van der Waals surface area contributed by atoms with Gasteiger partial charge >= 0.3 is 5.97 Å². The van der Waals surface area contributed by atoms with Crippen LogP contribution in [0.1, 0.15) is 30.4 Å². The van der Waals surface area contributed by atoms with Crippen LogP contribution in [0.15, 0.2) is 35.5 Å². The van der Waals surface area contributed by atoms with Crippen molar-refractivity contribution in [2.45, 2.75) is 24.8 Å². The highest BCUT2D eigenvalue weighted by Gasteiger charge is 2.22. The molecular weight excluding hydrogens is 296 g/mol. The normalized spacial score (nSPS) is 11.6. The molecule has 0 fully saturated rings. The minimum Gasteiger partial charge on any atom is -0.477 e.